The molecular formula is C22H38N4Na2O3. The number of aromatic nitrogens is 4. The van der Waals surface area contributed by atoms with Gasteiger partial charge in [-0.15, -0.1) is 10.2 Å². The van der Waals surface area contributed by atoms with Crippen LogP contribution in [0.25, 0.3) is 0 Å². The maximum atomic E-state index is 10.3. The number of unbranched alkanes of at least 4 members (excludes halogenated alkanes) is 4. The van der Waals surface area contributed by atoms with Gasteiger partial charge in [-0.1, -0.05) is 58.6 Å². The second-order valence-corrected chi connectivity index (χ2v) is 8.12. The number of aryl methyl sites for hydroxylation is 1. The number of aromatic amines is 1. The Morgan fingerprint density at radius 3 is 2.23 bits per heavy atom. The molecule has 0 saturated heterocycles. The normalized spacial score (nSPS) is 10.8. The molecule has 7 nitrogen and oxygen atoms in total. The number of nitrogens with one attached hydrogen (secondary N) is 1. The molecule has 166 valence electrons. The van der Waals surface area contributed by atoms with E-state index in [0.717, 1.165) is 68.5 Å². The molecule has 0 aliphatic heterocycles. The Bertz CT molecular complexity index is 728. The molecule has 2 aromatic rings. The minimum atomic E-state index is -0.0814. The van der Waals surface area contributed by atoms with Crippen molar-refractivity contribution in [2.45, 2.75) is 84.5 Å². The van der Waals surface area contributed by atoms with Crippen molar-refractivity contribution in [2.24, 2.45) is 0 Å². The predicted octanol–water partition coefficient (Wildman–Crippen LogP) is 3.66. The number of ether oxygens (including phenoxy) is 2. The standard InChI is InChI=1S/C22H36N4O3.2Na.2H/c1-5-7-10-13-29-20-15-17(6-2)19(16-18(20)27)28-14-11-8-9-12-22(3,4)21-23-25-26-24-21;;;;/h15-16,27H,5-14H2,1-4H3,(H,23,24,25,26);;;;. The van der Waals surface area contributed by atoms with Crippen molar-refractivity contribution in [1.82, 2.24) is 20.6 Å². The van der Waals surface area contributed by atoms with Crippen molar-refractivity contribution in [3.05, 3.63) is 23.5 Å². The van der Waals surface area contributed by atoms with Crippen LogP contribution in [0.4, 0.5) is 0 Å². The van der Waals surface area contributed by atoms with Gasteiger partial charge in [-0.05, 0) is 37.3 Å². The molecule has 2 N–H and O–H groups in total. The third-order valence-corrected chi connectivity index (χ3v) is 5.18. The number of nitrogens with zero attached hydrogens (tertiary/aromatic N) is 3. The van der Waals surface area contributed by atoms with E-state index >= 15 is 0 Å². The van der Waals surface area contributed by atoms with Gasteiger partial charge in [-0.25, -0.2) is 0 Å². The topological polar surface area (TPSA) is 93.2 Å². The van der Waals surface area contributed by atoms with Gasteiger partial charge in [0.05, 0.1) is 13.2 Å². The van der Waals surface area contributed by atoms with Gasteiger partial charge in [-0.3, -0.25) is 0 Å². The second kappa shape index (κ2) is 16.3. The van der Waals surface area contributed by atoms with E-state index in [0.29, 0.717) is 19.0 Å². The molecule has 1 heterocycles. The number of phenolic OH excluding ortho intramolecular Hbond substituents is 1. The molecule has 1 aromatic heterocycles. The van der Waals surface area contributed by atoms with E-state index in [2.05, 4.69) is 48.3 Å². The van der Waals surface area contributed by atoms with Gasteiger partial charge in [0.15, 0.2) is 17.3 Å². The molecule has 1 aromatic carbocycles. The molecule has 0 aliphatic rings. The summed E-state index contributed by atoms with van der Waals surface area (Å²) in [4.78, 5) is 0. The molecule has 0 saturated carbocycles. The molecule has 0 bridgehead atoms. The Morgan fingerprint density at radius 1 is 0.935 bits per heavy atom. The van der Waals surface area contributed by atoms with Crippen LogP contribution < -0.4 is 9.47 Å². The van der Waals surface area contributed by atoms with Gasteiger partial charge >= 0.3 is 59.1 Å². The van der Waals surface area contributed by atoms with Crippen molar-refractivity contribution >= 4 is 59.1 Å². The molecule has 0 spiro atoms. The number of tetrazole rings is 1. The maximum absolute atomic E-state index is 10.3. The van der Waals surface area contributed by atoms with Gasteiger partial charge in [0, 0.05) is 11.5 Å². The fourth-order valence-electron chi connectivity index (χ4n) is 3.24. The molecule has 0 amide bonds. The molecule has 0 aliphatic carbocycles. The van der Waals surface area contributed by atoms with Crippen LogP contribution in [-0.2, 0) is 11.8 Å². The van der Waals surface area contributed by atoms with Crippen molar-refractivity contribution in [3.8, 4) is 17.2 Å². The SMILES string of the molecule is CCCCCOc1cc(CC)c(OCCCCCC(C)(C)c2nn[nH]n2)cc1O.[NaH].[NaH]. The predicted molar refractivity (Wildman–Crippen MR) is 128 cm³/mol. The third kappa shape index (κ3) is 10.4. The molecule has 0 atom stereocenters. The van der Waals surface area contributed by atoms with E-state index < -0.39 is 0 Å². The van der Waals surface area contributed by atoms with Crippen molar-refractivity contribution in [3.63, 3.8) is 0 Å². The summed E-state index contributed by atoms with van der Waals surface area (Å²) in [5, 5.41) is 24.6. The summed E-state index contributed by atoms with van der Waals surface area (Å²) in [5.41, 5.74) is 0.980. The molecule has 2 rings (SSSR count). The zero-order valence-electron chi connectivity index (χ0n) is 18.3. The van der Waals surface area contributed by atoms with E-state index in [1.807, 2.05) is 6.07 Å². The van der Waals surface area contributed by atoms with Crippen LogP contribution in [0.15, 0.2) is 12.1 Å². The summed E-state index contributed by atoms with van der Waals surface area (Å²) < 4.78 is 11.7. The van der Waals surface area contributed by atoms with E-state index in [-0.39, 0.29) is 70.3 Å². The summed E-state index contributed by atoms with van der Waals surface area (Å²) in [6, 6.07) is 3.59. The monoisotopic (exact) mass is 452 g/mol. The number of benzene rings is 1. The first kappa shape index (κ1) is 30.7. The molecule has 0 unspecified atom stereocenters. The number of rotatable bonds is 14. The second-order valence-electron chi connectivity index (χ2n) is 8.12. The Morgan fingerprint density at radius 2 is 1.61 bits per heavy atom. The van der Waals surface area contributed by atoms with Crippen LogP contribution in [0.3, 0.4) is 0 Å². The summed E-state index contributed by atoms with van der Waals surface area (Å²) in [6.45, 7) is 9.78. The average Bonchev–Trinajstić information content (AvgIpc) is 3.25. The number of H-pyrrole nitrogens is 1. The first-order chi connectivity index (χ1) is 14.0. The van der Waals surface area contributed by atoms with Gasteiger partial charge in [0.2, 0.25) is 0 Å². The van der Waals surface area contributed by atoms with Crippen LogP contribution in [0.1, 0.15) is 84.0 Å². The minimum absolute atomic E-state index is 0. The summed E-state index contributed by atoms with van der Waals surface area (Å²) in [7, 11) is 0. The van der Waals surface area contributed by atoms with Crippen molar-refractivity contribution < 1.29 is 14.6 Å². The first-order valence-corrected chi connectivity index (χ1v) is 10.8. The molecule has 31 heavy (non-hydrogen) atoms. The van der Waals surface area contributed by atoms with Crippen molar-refractivity contribution in [1.29, 1.82) is 0 Å². The molecule has 9 heteroatoms. The summed E-state index contributed by atoms with van der Waals surface area (Å²) >= 11 is 0. The Hall–Kier alpha value is -0.310. The zero-order chi connectivity index (χ0) is 21.1. The van der Waals surface area contributed by atoms with Crippen LogP contribution in [0, 0.1) is 0 Å². The Kier molecular flexibility index (Phi) is 16.2. The molecule has 0 fully saturated rings. The number of aromatic hydroxyl groups is 1. The fourth-order valence-corrected chi connectivity index (χ4v) is 3.24. The molecular weight excluding hydrogens is 414 g/mol. The van der Waals surface area contributed by atoms with Gasteiger partial charge in [-0.2, -0.15) is 5.21 Å². The van der Waals surface area contributed by atoms with E-state index in [1.54, 1.807) is 6.07 Å². The quantitative estimate of drug-likeness (QED) is 0.336. The summed E-state index contributed by atoms with van der Waals surface area (Å²) in [6.07, 6.45) is 8.21. The van der Waals surface area contributed by atoms with Gasteiger partial charge < -0.3 is 14.6 Å². The van der Waals surface area contributed by atoms with Crippen LogP contribution in [0.2, 0.25) is 0 Å². The van der Waals surface area contributed by atoms with Gasteiger partial charge in [0.1, 0.15) is 5.75 Å². The Labute approximate surface area is 231 Å². The molecule has 0 radical (unpaired) electrons. The van der Waals surface area contributed by atoms with E-state index in [9.17, 15) is 5.11 Å². The Balaban J connectivity index is 0.00000450. The number of phenols is 1. The number of hydrogen-bond donors (Lipinski definition) is 2. The van der Waals surface area contributed by atoms with Crippen LogP contribution in [0.5, 0.6) is 17.2 Å². The first-order valence-electron chi connectivity index (χ1n) is 10.8. The van der Waals surface area contributed by atoms with Crippen LogP contribution >= 0.6 is 0 Å². The average molecular weight is 453 g/mol. The third-order valence-electron chi connectivity index (χ3n) is 5.18. The van der Waals surface area contributed by atoms with Crippen LogP contribution in [-0.4, -0.2) is 98.1 Å². The zero-order valence-corrected chi connectivity index (χ0v) is 18.3. The van der Waals surface area contributed by atoms with E-state index in [1.165, 1.54) is 0 Å². The van der Waals surface area contributed by atoms with E-state index in [4.69, 9.17) is 9.47 Å². The number of hydrogen-bond acceptors (Lipinski definition) is 6. The van der Waals surface area contributed by atoms with Gasteiger partial charge in [0.25, 0.3) is 0 Å². The summed E-state index contributed by atoms with van der Waals surface area (Å²) in [5.74, 6) is 2.21. The fraction of sp³-hybridized carbons (Fsp3) is 0.682. The van der Waals surface area contributed by atoms with Crippen molar-refractivity contribution in [2.75, 3.05) is 13.2 Å².